The molecule has 242 valence electrons. The van der Waals surface area contributed by atoms with Gasteiger partial charge in [0.1, 0.15) is 14.3 Å². The van der Waals surface area contributed by atoms with Crippen molar-refractivity contribution in [2.45, 2.75) is 12.3 Å². The zero-order chi connectivity index (χ0) is 34.0. The number of hydrogen-bond donors (Lipinski definition) is 0. The summed E-state index contributed by atoms with van der Waals surface area (Å²) in [6.45, 7) is 0. The van der Waals surface area contributed by atoms with Gasteiger partial charge in [0.25, 0.3) is 0 Å². The molecule has 8 aromatic rings. The quantitative estimate of drug-likeness (QED) is 0.142. The fraction of sp³-hybridized carbons (Fsp3) is 0.0435. The van der Waals surface area contributed by atoms with Crippen molar-refractivity contribution >= 4 is 57.0 Å². The molecule has 0 radical (unpaired) electrons. The van der Waals surface area contributed by atoms with Gasteiger partial charge in [-0.05, 0) is 49.9 Å². The van der Waals surface area contributed by atoms with Gasteiger partial charge in [0.05, 0.1) is 0 Å². The van der Waals surface area contributed by atoms with Crippen LogP contribution in [0.25, 0.3) is 32.7 Å². The van der Waals surface area contributed by atoms with Crippen LogP contribution in [0.4, 0.5) is 0 Å². The molecule has 0 saturated heterocycles. The summed E-state index contributed by atoms with van der Waals surface area (Å²) in [5.41, 5.74) is 4.16. The van der Waals surface area contributed by atoms with Gasteiger partial charge in [0.2, 0.25) is 0 Å². The molecule has 8 rings (SSSR count). The van der Waals surface area contributed by atoms with Crippen LogP contribution in [0.5, 0.6) is 0 Å². The zero-order valence-corrected chi connectivity index (χ0v) is 29.4. The first-order chi connectivity index (χ1) is 24.5. The molecule has 0 N–H and O–H groups in total. The van der Waals surface area contributed by atoms with Crippen molar-refractivity contribution in [3.63, 3.8) is 0 Å². The highest BCUT2D eigenvalue weighted by Crippen LogP contribution is 2.51. The van der Waals surface area contributed by atoms with E-state index in [1.807, 2.05) is 121 Å². The second-order valence-corrected chi connectivity index (χ2v) is 18.5. The summed E-state index contributed by atoms with van der Waals surface area (Å²) in [7, 11) is -6.16. The SMILES string of the molecule is O=P(Cc1cc(-c2c(CP(=O)(c3ccccc3)c3ccccc3)ccc3ccccc23)c2ccccc2c1)(c1ccccc1)c1ccccc1. The largest absolute Gasteiger partial charge is 0.313 e. The fourth-order valence-corrected chi connectivity index (χ4v) is 12.7. The molecule has 0 bridgehead atoms. The maximum Gasteiger partial charge on any atom is 0.147 e. The smallest absolute Gasteiger partial charge is 0.147 e. The molecule has 0 aromatic heterocycles. The van der Waals surface area contributed by atoms with Gasteiger partial charge in [-0.3, -0.25) is 0 Å². The second-order valence-electron chi connectivity index (χ2n) is 12.8. The molecule has 0 atom stereocenters. The minimum Gasteiger partial charge on any atom is -0.313 e. The van der Waals surface area contributed by atoms with E-state index in [1.165, 1.54) is 0 Å². The molecule has 0 amide bonds. The summed E-state index contributed by atoms with van der Waals surface area (Å²) in [5.74, 6) is 0. The molecule has 0 fully saturated rings. The van der Waals surface area contributed by atoms with Crippen LogP contribution in [-0.4, -0.2) is 0 Å². The molecule has 0 heterocycles. The Balaban J connectivity index is 1.36. The lowest BCUT2D eigenvalue weighted by Crippen LogP contribution is -2.18. The maximum absolute atomic E-state index is 15.5. The number of benzene rings is 8. The summed E-state index contributed by atoms with van der Waals surface area (Å²) in [5, 5.41) is 7.80. The summed E-state index contributed by atoms with van der Waals surface area (Å²) < 4.78 is 30.8. The fourth-order valence-electron chi connectivity index (χ4n) is 7.27. The minimum atomic E-state index is -3.10. The van der Waals surface area contributed by atoms with E-state index in [0.29, 0.717) is 12.3 Å². The molecule has 2 nitrogen and oxygen atoms in total. The van der Waals surface area contributed by atoms with Gasteiger partial charge in [0.15, 0.2) is 0 Å². The highest BCUT2D eigenvalue weighted by Gasteiger charge is 2.31. The first-order valence-electron chi connectivity index (χ1n) is 17.0. The predicted octanol–water partition coefficient (Wildman–Crippen LogP) is 10.7. The Hall–Kier alpha value is -5.26. The van der Waals surface area contributed by atoms with Crippen LogP contribution < -0.4 is 21.2 Å². The molecule has 0 aliphatic rings. The van der Waals surface area contributed by atoms with Gasteiger partial charge in [-0.2, -0.15) is 0 Å². The molecule has 4 heteroatoms. The van der Waals surface area contributed by atoms with Crippen LogP contribution >= 0.6 is 14.3 Å². The number of rotatable bonds is 9. The monoisotopic (exact) mass is 682 g/mol. The van der Waals surface area contributed by atoms with Crippen molar-refractivity contribution < 1.29 is 9.13 Å². The van der Waals surface area contributed by atoms with Crippen LogP contribution in [0, 0.1) is 0 Å². The summed E-state index contributed by atoms with van der Waals surface area (Å²) in [6.07, 6.45) is 0.748. The Morgan fingerprint density at radius 3 is 1.30 bits per heavy atom. The third-order valence-corrected chi connectivity index (χ3v) is 15.8. The van der Waals surface area contributed by atoms with Gasteiger partial charge in [0, 0.05) is 33.5 Å². The lowest BCUT2D eigenvalue weighted by atomic mass is 9.89. The first-order valence-corrected chi connectivity index (χ1v) is 20.7. The summed E-state index contributed by atoms with van der Waals surface area (Å²) in [6, 6.07) is 65.2. The normalized spacial score (nSPS) is 11.9. The van der Waals surface area contributed by atoms with E-state index in [1.54, 1.807) is 0 Å². The van der Waals surface area contributed by atoms with Crippen LogP contribution in [0.15, 0.2) is 194 Å². The average Bonchev–Trinajstić information content (AvgIpc) is 3.19. The van der Waals surface area contributed by atoms with Crippen LogP contribution in [0.1, 0.15) is 11.1 Å². The van der Waals surface area contributed by atoms with E-state index in [4.69, 9.17) is 0 Å². The lowest BCUT2D eigenvalue weighted by Gasteiger charge is -2.24. The third kappa shape index (κ3) is 5.96. The van der Waals surface area contributed by atoms with Gasteiger partial charge in [-0.15, -0.1) is 0 Å². The van der Waals surface area contributed by atoms with Crippen LogP contribution in [0.2, 0.25) is 0 Å². The Morgan fingerprint density at radius 2 is 0.780 bits per heavy atom. The molecular formula is C46H36O2P2. The van der Waals surface area contributed by atoms with Gasteiger partial charge in [-0.1, -0.05) is 188 Å². The van der Waals surface area contributed by atoms with E-state index in [0.717, 1.165) is 65.0 Å². The van der Waals surface area contributed by atoms with E-state index >= 15 is 9.13 Å². The molecule has 0 unspecified atom stereocenters. The molecular weight excluding hydrogens is 646 g/mol. The topological polar surface area (TPSA) is 34.1 Å². The summed E-state index contributed by atoms with van der Waals surface area (Å²) >= 11 is 0. The Kier molecular flexibility index (Phi) is 8.68. The van der Waals surface area contributed by atoms with Crippen molar-refractivity contribution in [1.29, 1.82) is 0 Å². The Bertz CT molecular complexity index is 2440. The predicted molar refractivity (Wildman–Crippen MR) is 214 cm³/mol. The maximum atomic E-state index is 15.5. The molecule has 50 heavy (non-hydrogen) atoms. The van der Waals surface area contributed by atoms with Crippen molar-refractivity contribution in [1.82, 2.24) is 0 Å². The van der Waals surface area contributed by atoms with E-state index < -0.39 is 14.3 Å². The van der Waals surface area contributed by atoms with Crippen molar-refractivity contribution in [2.75, 3.05) is 0 Å². The number of fused-ring (bicyclic) bond motifs is 2. The number of hydrogen-bond acceptors (Lipinski definition) is 2. The van der Waals surface area contributed by atoms with E-state index in [-0.39, 0.29) is 0 Å². The van der Waals surface area contributed by atoms with Gasteiger partial charge >= 0.3 is 0 Å². The van der Waals surface area contributed by atoms with E-state index in [9.17, 15) is 0 Å². The van der Waals surface area contributed by atoms with Crippen LogP contribution in [0.3, 0.4) is 0 Å². The minimum absolute atomic E-state index is 0.367. The van der Waals surface area contributed by atoms with Crippen molar-refractivity contribution in [3.05, 3.63) is 205 Å². The van der Waals surface area contributed by atoms with E-state index in [2.05, 4.69) is 72.8 Å². The molecule has 8 aromatic carbocycles. The lowest BCUT2D eigenvalue weighted by molar-refractivity contribution is 0.585. The van der Waals surface area contributed by atoms with Gasteiger partial charge < -0.3 is 9.13 Å². The third-order valence-electron chi connectivity index (χ3n) is 9.70. The average molecular weight is 683 g/mol. The Morgan fingerprint density at radius 1 is 0.360 bits per heavy atom. The first kappa shape index (κ1) is 32.0. The molecule has 0 saturated carbocycles. The van der Waals surface area contributed by atoms with Crippen molar-refractivity contribution in [3.8, 4) is 11.1 Å². The molecule has 0 aliphatic carbocycles. The highest BCUT2D eigenvalue weighted by molar-refractivity contribution is 7.78. The highest BCUT2D eigenvalue weighted by atomic mass is 31.2. The summed E-state index contributed by atoms with van der Waals surface area (Å²) in [4.78, 5) is 0. The Labute approximate surface area is 293 Å². The zero-order valence-electron chi connectivity index (χ0n) is 27.6. The van der Waals surface area contributed by atoms with Crippen molar-refractivity contribution in [2.24, 2.45) is 0 Å². The second kappa shape index (κ2) is 13.6. The standard InChI is InChI=1S/C46H36O2P2/c47-49(39-19-5-1-6-20-39,40-21-7-2-8-22-40)33-35-31-37-18-14-15-27-43(37)45(32-35)46-38(30-29-36-17-13-16-28-44(36)46)34-50(48,41-23-9-3-10-24-41)42-25-11-4-12-26-42/h1-32H,33-34H2. The van der Waals surface area contributed by atoms with Gasteiger partial charge in [-0.25, -0.2) is 0 Å². The van der Waals surface area contributed by atoms with Crippen LogP contribution in [-0.2, 0) is 21.5 Å². The molecule has 0 aliphatic heterocycles. The molecule has 0 spiro atoms.